The second kappa shape index (κ2) is 11.8. The van der Waals surface area contributed by atoms with Crippen molar-refractivity contribution in [3.8, 4) is 33.4 Å². The van der Waals surface area contributed by atoms with Crippen molar-refractivity contribution in [3.63, 3.8) is 0 Å². The van der Waals surface area contributed by atoms with Crippen LogP contribution in [-0.2, 0) is 5.41 Å². The molecule has 0 radical (unpaired) electrons. The van der Waals surface area contributed by atoms with Crippen LogP contribution in [0.3, 0.4) is 0 Å². The normalized spacial score (nSPS) is 13.2. The van der Waals surface area contributed by atoms with E-state index >= 15 is 0 Å². The molecular formula is C48H35BS2. The Morgan fingerprint density at radius 1 is 0.392 bits per heavy atom. The van der Waals surface area contributed by atoms with E-state index in [0.29, 0.717) is 0 Å². The molecule has 242 valence electrons. The number of hydrogen-bond acceptors (Lipinski definition) is 2. The Bertz CT molecular complexity index is 2630. The van der Waals surface area contributed by atoms with Gasteiger partial charge in [-0.15, -0.1) is 0 Å². The number of fused-ring (bicyclic) bond motifs is 6. The van der Waals surface area contributed by atoms with Gasteiger partial charge in [-0.3, -0.25) is 0 Å². The van der Waals surface area contributed by atoms with E-state index in [1.807, 2.05) is 23.5 Å². The first-order valence-corrected chi connectivity index (χ1v) is 19.4. The minimum absolute atomic E-state index is 0.0945. The zero-order valence-electron chi connectivity index (χ0n) is 28.9. The number of hydrogen-bond donors (Lipinski definition) is 0. The van der Waals surface area contributed by atoms with Crippen LogP contribution in [0.4, 0.5) is 0 Å². The molecule has 10 rings (SSSR count). The zero-order chi connectivity index (χ0) is 34.3. The average molecular weight is 687 g/mol. The summed E-state index contributed by atoms with van der Waals surface area (Å²) in [5.74, 6) is 0. The first kappa shape index (κ1) is 30.8. The Morgan fingerprint density at radius 3 is 1.59 bits per heavy atom. The monoisotopic (exact) mass is 686 g/mol. The van der Waals surface area contributed by atoms with Gasteiger partial charge in [-0.1, -0.05) is 183 Å². The minimum atomic E-state index is 0.0945. The molecule has 8 aromatic carbocycles. The molecule has 0 unspecified atom stereocenters. The highest BCUT2D eigenvalue weighted by atomic mass is 32.2. The predicted molar refractivity (Wildman–Crippen MR) is 222 cm³/mol. The molecule has 0 saturated heterocycles. The molecule has 0 aliphatic carbocycles. The van der Waals surface area contributed by atoms with E-state index in [0.717, 1.165) is 0 Å². The van der Waals surface area contributed by atoms with Crippen molar-refractivity contribution in [2.75, 3.05) is 0 Å². The molecule has 0 bridgehead atoms. The van der Waals surface area contributed by atoms with Gasteiger partial charge in [0.2, 0.25) is 6.71 Å². The third-order valence-corrected chi connectivity index (χ3v) is 13.0. The first-order chi connectivity index (χ1) is 24.9. The molecule has 2 aliphatic heterocycles. The van der Waals surface area contributed by atoms with Crippen molar-refractivity contribution in [1.29, 1.82) is 0 Å². The molecular weight excluding hydrogens is 651 g/mol. The van der Waals surface area contributed by atoms with Crippen LogP contribution in [0, 0.1) is 0 Å². The maximum absolute atomic E-state index is 2.46. The van der Waals surface area contributed by atoms with Crippen LogP contribution in [0.15, 0.2) is 177 Å². The van der Waals surface area contributed by atoms with Crippen LogP contribution in [-0.4, -0.2) is 6.71 Å². The van der Waals surface area contributed by atoms with Gasteiger partial charge in [0.1, 0.15) is 0 Å². The van der Waals surface area contributed by atoms with Gasteiger partial charge in [0.25, 0.3) is 0 Å². The molecule has 8 aromatic rings. The van der Waals surface area contributed by atoms with E-state index in [4.69, 9.17) is 0 Å². The largest absolute Gasteiger partial charge is 0.247 e. The summed E-state index contributed by atoms with van der Waals surface area (Å²) in [6, 6.07) is 59.1. The highest BCUT2D eigenvalue weighted by Gasteiger charge is 2.38. The molecule has 0 nitrogen and oxygen atoms in total. The maximum atomic E-state index is 2.46. The average Bonchev–Trinajstić information content (AvgIpc) is 3.16. The van der Waals surface area contributed by atoms with Crippen molar-refractivity contribution in [1.82, 2.24) is 0 Å². The molecule has 0 amide bonds. The molecule has 51 heavy (non-hydrogen) atoms. The maximum Gasteiger partial charge on any atom is 0.247 e. The van der Waals surface area contributed by atoms with E-state index in [9.17, 15) is 0 Å². The van der Waals surface area contributed by atoms with Crippen molar-refractivity contribution >= 4 is 68.2 Å². The number of rotatable bonds is 3. The second-order valence-electron chi connectivity index (χ2n) is 14.9. The Hall–Kier alpha value is -4.96. The number of benzene rings is 8. The van der Waals surface area contributed by atoms with Gasteiger partial charge in [-0.25, -0.2) is 0 Å². The molecule has 2 heterocycles. The van der Waals surface area contributed by atoms with E-state index in [2.05, 4.69) is 178 Å². The van der Waals surface area contributed by atoms with E-state index in [1.165, 1.54) is 96.5 Å². The van der Waals surface area contributed by atoms with Crippen molar-refractivity contribution in [2.45, 2.75) is 45.8 Å². The molecule has 0 atom stereocenters. The van der Waals surface area contributed by atoms with Crippen LogP contribution in [0.25, 0.3) is 54.9 Å². The Morgan fingerprint density at radius 2 is 0.922 bits per heavy atom. The zero-order valence-corrected chi connectivity index (χ0v) is 30.5. The molecule has 0 fully saturated rings. The fourth-order valence-electron chi connectivity index (χ4n) is 8.29. The topological polar surface area (TPSA) is 0 Å². The molecule has 0 saturated carbocycles. The summed E-state index contributed by atoms with van der Waals surface area (Å²) >= 11 is 3.89. The Balaban J connectivity index is 1.16. The van der Waals surface area contributed by atoms with Gasteiger partial charge in [0.05, 0.1) is 0 Å². The van der Waals surface area contributed by atoms with Gasteiger partial charge >= 0.3 is 0 Å². The summed E-state index contributed by atoms with van der Waals surface area (Å²) < 4.78 is 0. The van der Waals surface area contributed by atoms with Gasteiger partial charge in [-0.05, 0) is 102 Å². The fraction of sp³-hybridized carbons (Fsp3) is 0.0833. The highest BCUT2D eigenvalue weighted by molar-refractivity contribution is 8.01. The smallest absolute Gasteiger partial charge is 0.0911 e. The fourth-order valence-corrected chi connectivity index (χ4v) is 10.8. The van der Waals surface area contributed by atoms with Crippen LogP contribution in [0.1, 0.15) is 26.3 Å². The predicted octanol–water partition coefficient (Wildman–Crippen LogP) is 11.7. The molecule has 3 heteroatoms. The molecule has 2 aliphatic rings. The van der Waals surface area contributed by atoms with Crippen molar-refractivity contribution in [3.05, 3.63) is 163 Å². The van der Waals surface area contributed by atoms with Gasteiger partial charge in [0.15, 0.2) is 0 Å². The Labute approximate surface area is 309 Å². The first-order valence-electron chi connectivity index (χ1n) is 17.8. The SMILES string of the molecule is CC(C)(C)c1ccc2c(c1)Sc1cc(-c3cccc(-c4c5ccccc5c(-c5ccccc5)c5ccccc45)c3)cc3c1B2c1ccccc1S3. The lowest BCUT2D eigenvalue weighted by Crippen LogP contribution is -2.58. The van der Waals surface area contributed by atoms with Gasteiger partial charge in [-0.2, -0.15) is 0 Å². The quantitative estimate of drug-likeness (QED) is 0.134. The van der Waals surface area contributed by atoms with Gasteiger partial charge in [0, 0.05) is 19.6 Å². The molecule has 0 aromatic heterocycles. The third-order valence-electron chi connectivity index (χ3n) is 10.7. The summed E-state index contributed by atoms with van der Waals surface area (Å²) in [5, 5.41) is 5.13. The van der Waals surface area contributed by atoms with Crippen LogP contribution >= 0.6 is 23.5 Å². The van der Waals surface area contributed by atoms with Gasteiger partial charge < -0.3 is 0 Å². The lowest BCUT2D eigenvalue weighted by atomic mass is 9.36. The van der Waals surface area contributed by atoms with Crippen molar-refractivity contribution in [2.24, 2.45) is 0 Å². The van der Waals surface area contributed by atoms with E-state index in [1.54, 1.807) is 0 Å². The van der Waals surface area contributed by atoms with Crippen molar-refractivity contribution < 1.29 is 0 Å². The third kappa shape index (κ3) is 5.01. The summed E-state index contributed by atoms with van der Waals surface area (Å²) in [5.41, 5.74) is 13.4. The lowest BCUT2D eigenvalue weighted by molar-refractivity contribution is 0.589. The second-order valence-corrected chi connectivity index (χ2v) is 17.0. The summed E-state index contributed by atoms with van der Waals surface area (Å²) in [6.45, 7) is 7.19. The highest BCUT2D eigenvalue weighted by Crippen LogP contribution is 2.46. The summed E-state index contributed by atoms with van der Waals surface area (Å²) in [6.07, 6.45) is 0. The lowest BCUT2D eigenvalue weighted by Gasteiger charge is -2.34. The molecule has 0 N–H and O–H groups in total. The summed E-state index contributed by atoms with van der Waals surface area (Å²) in [7, 11) is 0. The van der Waals surface area contributed by atoms with E-state index in [-0.39, 0.29) is 12.1 Å². The van der Waals surface area contributed by atoms with E-state index < -0.39 is 0 Å². The van der Waals surface area contributed by atoms with Crippen LogP contribution in [0.2, 0.25) is 0 Å². The Kier molecular flexibility index (Phi) is 7.14. The van der Waals surface area contributed by atoms with Crippen LogP contribution in [0.5, 0.6) is 0 Å². The minimum Gasteiger partial charge on any atom is -0.0911 e. The van der Waals surface area contributed by atoms with Crippen LogP contribution < -0.4 is 16.4 Å². The standard InChI is InChI=1S/C48H35BS2/c1-48(2,3)34-24-25-40-42(29-34)51-44-28-33(27-43-47(44)49(40)39-22-11-12-23-41(39)50-43)31-16-13-17-32(26-31)46-37-20-9-7-18-35(37)45(30-14-5-4-6-15-30)36-19-8-10-21-38(36)46/h4-29H,1-3H3. The summed E-state index contributed by atoms with van der Waals surface area (Å²) in [4.78, 5) is 5.50. The molecule has 0 spiro atoms.